The average Bonchev–Trinajstić information content (AvgIpc) is 2.46. The van der Waals surface area contributed by atoms with Crippen LogP contribution < -0.4 is 0 Å². The van der Waals surface area contributed by atoms with E-state index in [4.69, 9.17) is 5.11 Å². The van der Waals surface area contributed by atoms with Gasteiger partial charge in [0.25, 0.3) is 0 Å². The van der Waals surface area contributed by atoms with E-state index in [0.29, 0.717) is 11.4 Å². The number of aliphatic hydroxyl groups excluding tert-OH is 1. The molecule has 1 heterocycles. The summed E-state index contributed by atoms with van der Waals surface area (Å²) in [6.45, 7) is 1.33. The minimum absolute atomic E-state index is 0.262. The van der Waals surface area contributed by atoms with Gasteiger partial charge in [-0.2, -0.15) is 12.7 Å². The molecule has 1 N–H and O–H groups in total. The fourth-order valence-electron chi connectivity index (χ4n) is 0.993. The van der Waals surface area contributed by atoms with Gasteiger partial charge in [-0.05, 0) is 6.92 Å². The molecule has 0 fully saturated rings. The van der Waals surface area contributed by atoms with Gasteiger partial charge in [0.2, 0.25) is 0 Å². The molecule has 0 aliphatic heterocycles. The second-order valence-corrected chi connectivity index (χ2v) is 5.04. The monoisotopic (exact) mass is 219 g/mol. The molecular weight excluding hydrogens is 206 g/mol. The van der Waals surface area contributed by atoms with Crippen LogP contribution in [0.3, 0.4) is 0 Å². The lowest BCUT2D eigenvalue weighted by atomic mass is 10.4. The van der Waals surface area contributed by atoms with Crippen molar-refractivity contribution in [3.63, 3.8) is 0 Å². The fraction of sp³-hybridized carbons (Fsp3) is 0.571. The van der Waals surface area contributed by atoms with Crippen LogP contribution in [0.5, 0.6) is 0 Å². The Morgan fingerprint density at radius 2 is 2.14 bits per heavy atom. The highest BCUT2D eigenvalue weighted by Gasteiger charge is 2.19. The van der Waals surface area contributed by atoms with Crippen LogP contribution in [0.1, 0.15) is 11.4 Å². The molecule has 0 spiro atoms. The highest BCUT2D eigenvalue weighted by atomic mass is 32.2. The van der Waals surface area contributed by atoms with Crippen LogP contribution in [-0.4, -0.2) is 40.9 Å². The molecule has 0 atom stereocenters. The summed E-state index contributed by atoms with van der Waals surface area (Å²) in [7, 11) is -0.645. The zero-order valence-corrected chi connectivity index (χ0v) is 9.11. The molecule has 0 saturated carbocycles. The topological polar surface area (TPSA) is 75.4 Å². The van der Waals surface area contributed by atoms with Crippen molar-refractivity contribution >= 4 is 10.2 Å². The van der Waals surface area contributed by atoms with E-state index < -0.39 is 10.2 Å². The summed E-state index contributed by atoms with van der Waals surface area (Å²) in [4.78, 5) is 3.79. The van der Waals surface area contributed by atoms with Gasteiger partial charge in [-0.1, -0.05) is 0 Å². The van der Waals surface area contributed by atoms with Crippen molar-refractivity contribution in [3.8, 4) is 0 Å². The first-order valence-electron chi connectivity index (χ1n) is 3.98. The molecular formula is C7H13N3O3S. The van der Waals surface area contributed by atoms with Gasteiger partial charge >= 0.3 is 10.2 Å². The van der Waals surface area contributed by atoms with E-state index in [1.807, 2.05) is 0 Å². The summed E-state index contributed by atoms with van der Waals surface area (Å²) in [5, 5.41) is 8.85. The summed E-state index contributed by atoms with van der Waals surface area (Å²) in [5.41, 5.74) is 0.802. The number of aromatic nitrogens is 2. The van der Waals surface area contributed by atoms with Crippen molar-refractivity contribution < 1.29 is 13.5 Å². The van der Waals surface area contributed by atoms with Gasteiger partial charge in [-0.15, -0.1) is 0 Å². The van der Waals surface area contributed by atoms with Crippen LogP contribution in [0.4, 0.5) is 0 Å². The Morgan fingerprint density at radius 1 is 1.57 bits per heavy atom. The van der Waals surface area contributed by atoms with E-state index in [2.05, 4.69) is 4.98 Å². The molecule has 1 aromatic rings. The number of aliphatic hydroxyl groups is 1. The molecule has 0 bridgehead atoms. The Kier molecular flexibility index (Phi) is 2.93. The standard InChI is InChI=1S/C7H13N3O3S/c1-6-7(4-11)8-5-10(6)14(12,13)9(2)3/h5,11H,4H2,1-3H3. The number of nitrogens with zero attached hydrogens (tertiary/aromatic N) is 3. The van der Waals surface area contributed by atoms with Gasteiger partial charge in [0.05, 0.1) is 18.0 Å². The molecule has 0 aliphatic carbocycles. The van der Waals surface area contributed by atoms with Gasteiger partial charge < -0.3 is 5.11 Å². The lowest BCUT2D eigenvalue weighted by molar-refractivity contribution is 0.276. The Hall–Kier alpha value is -0.920. The summed E-state index contributed by atoms with van der Waals surface area (Å²) in [5.74, 6) is 0. The number of imidazole rings is 1. The summed E-state index contributed by atoms with van der Waals surface area (Å²) >= 11 is 0. The second kappa shape index (κ2) is 3.68. The van der Waals surface area contributed by atoms with E-state index in [-0.39, 0.29) is 6.61 Å². The van der Waals surface area contributed by atoms with Crippen LogP contribution in [0.25, 0.3) is 0 Å². The summed E-state index contributed by atoms with van der Waals surface area (Å²) in [6.07, 6.45) is 1.19. The molecule has 6 nitrogen and oxygen atoms in total. The molecule has 1 aromatic heterocycles. The molecule has 0 unspecified atom stereocenters. The van der Waals surface area contributed by atoms with Gasteiger partial charge in [0, 0.05) is 14.1 Å². The molecule has 1 rings (SSSR count). The maximum atomic E-state index is 11.6. The number of hydrogen-bond donors (Lipinski definition) is 1. The van der Waals surface area contributed by atoms with E-state index in [1.165, 1.54) is 20.4 Å². The van der Waals surface area contributed by atoms with Gasteiger partial charge in [0.1, 0.15) is 6.33 Å². The molecule has 0 aromatic carbocycles. The maximum Gasteiger partial charge on any atom is 0.308 e. The molecule has 0 saturated heterocycles. The summed E-state index contributed by atoms with van der Waals surface area (Å²) in [6, 6.07) is 0. The normalized spacial score (nSPS) is 12.4. The Morgan fingerprint density at radius 3 is 2.50 bits per heavy atom. The molecule has 80 valence electrons. The molecule has 0 aliphatic rings. The highest BCUT2D eigenvalue weighted by Crippen LogP contribution is 2.10. The first kappa shape index (κ1) is 11.2. The summed E-state index contributed by atoms with van der Waals surface area (Å²) < 4.78 is 25.4. The van der Waals surface area contributed by atoms with E-state index in [9.17, 15) is 8.42 Å². The van der Waals surface area contributed by atoms with Crippen LogP contribution >= 0.6 is 0 Å². The Bertz CT molecular complexity index is 421. The van der Waals surface area contributed by atoms with Crippen LogP contribution in [-0.2, 0) is 16.8 Å². The molecule has 14 heavy (non-hydrogen) atoms. The van der Waals surface area contributed by atoms with Crippen molar-refractivity contribution in [1.29, 1.82) is 0 Å². The molecule has 0 amide bonds. The molecule has 0 radical (unpaired) electrons. The lowest BCUT2D eigenvalue weighted by Crippen LogP contribution is -2.29. The van der Waals surface area contributed by atoms with Gasteiger partial charge in [0.15, 0.2) is 0 Å². The molecule has 7 heteroatoms. The van der Waals surface area contributed by atoms with Crippen LogP contribution in [0.15, 0.2) is 6.33 Å². The third-order valence-electron chi connectivity index (χ3n) is 1.93. The van der Waals surface area contributed by atoms with Gasteiger partial charge in [-0.25, -0.2) is 8.96 Å². The largest absolute Gasteiger partial charge is 0.390 e. The minimum Gasteiger partial charge on any atom is -0.390 e. The third-order valence-corrected chi connectivity index (χ3v) is 3.71. The predicted molar refractivity (Wildman–Crippen MR) is 50.9 cm³/mol. The lowest BCUT2D eigenvalue weighted by Gasteiger charge is -2.12. The van der Waals surface area contributed by atoms with Crippen molar-refractivity contribution in [3.05, 3.63) is 17.7 Å². The fourth-order valence-corrected chi connectivity index (χ4v) is 1.96. The number of hydrogen-bond acceptors (Lipinski definition) is 4. The SMILES string of the molecule is Cc1c(CO)ncn1S(=O)(=O)N(C)C. The van der Waals surface area contributed by atoms with Crippen molar-refractivity contribution in [1.82, 2.24) is 13.3 Å². The quantitative estimate of drug-likeness (QED) is 0.732. The first-order chi connectivity index (χ1) is 6.41. The maximum absolute atomic E-state index is 11.6. The third kappa shape index (κ3) is 1.66. The van der Waals surface area contributed by atoms with Crippen molar-refractivity contribution in [2.24, 2.45) is 0 Å². The van der Waals surface area contributed by atoms with E-state index in [1.54, 1.807) is 6.92 Å². The highest BCUT2D eigenvalue weighted by molar-refractivity contribution is 7.87. The predicted octanol–water partition coefficient (Wildman–Crippen LogP) is -0.662. The first-order valence-corrected chi connectivity index (χ1v) is 5.37. The van der Waals surface area contributed by atoms with E-state index >= 15 is 0 Å². The average molecular weight is 219 g/mol. The zero-order chi connectivity index (χ0) is 10.9. The van der Waals surface area contributed by atoms with E-state index in [0.717, 1.165) is 8.28 Å². The minimum atomic E-state index is -3.52. The smallest absolute Gasteiger partial charge is 0.308 e. The second-order valence-electron chi connectivity index (χ2n) is 3.02. The van der Waals surface area contributed by atoms with Crippen LogP contribution in [0.2, 0.25) is 0 Å². The van der Waals surface area contributed by atoms with Crippen LogP contribution in [0, 0.1) is 6.92 Å². The Labute approximate surface area is 83.0 Å². The zero-order valence-electron chi connectivity index (χ0n) is 8.30. The number of rotatable bonds is 3. The van der Waals surface area contributed by atoms with Crippen molar-refractivity contribution in [2.75, 3.05) is 14.1 Å². The Balaban J connectivity index is 3.28. The van der Waals surface area contributed by atoms with Crippen molar-refractivity contribution in [2.45, 2.75) is 13.5 Å². The van der Waals surface area contributed by atoms with Gasteiger partial charge in [-0.3, -0.25) is 0 Å².